The average Bonchev–Trinajstić information content (AvgIpc) is 2.43. The van der Waals surface area contributed by atoms with Crippen LogP contribution in [0.25, 0.3) is 0 Å². The number of hydrogen-bond donors (Lipinski definition) is 0. The van der Waals surface area contributed by atoms with Crippen molar-refractivity contribution < 1.29 is 23.8 Å². The summed E-state index contributed by atoms with van der Waals surface area (Å²) in [5, 5.41) is 0. The molecule has 132 valence electrons. The lowest BCUT2D eigenvalue weighted by molar-refractivity contribution is -0.0142. The number of likely N-dealkylation sites (tertiary alicyclic amines) is 1. The van der Waals surface area contributed by atoms with Gasteiger partial charge in [0.05, 0.1) is 19.3 Å². The van der Waals surface area contributed by atoms with Gasteiger partial charge in [-0.1, -0.05) is 0 Å². The predicted octanol–water partition coefficient (Wildman–Crippen LogP) is 2.56. The van der Waals surface area contributed by atoms with Gasteiger partial charge in [-0.25, -0.2) is 14.6 Å². The topological polar surface area (TPSA) is 78.0 Å². The molecule has 0 bridgehead atoms. The number of carbonyl (C=O) groups is 2. The minimum Gasteiger partial charge on any atom is -0.490 e. The van der Waals surface area contributed by atoms with Crippen molar-refractivity contribution in [1.82, 2.24) is 9.88 Å². The number of carbonyl (C=O) groups excluding carboxylic acids is 2. The first-order valence-corrected chi connectivity index (χ1v) is 7.88. The van der Waals surface area contributed by atoms with Gasteiger partial charge in [0, 0.05) is 6.54 Å². The largest absolute Gasteiger partial charge is 0.490 e. The van der Waals surface area contributed by atoms with Gasteiger partial charge in [-0.05, 0) is 45.7 Å². The molecule has 0 aromatic carbocycles. The summed E-state index contributed by atoms with van der Waals surface area (Å²) in [6, 6.07) is 1.72. The first-order chi connectivity index (χ1) is 11.2. The Bertz CT molecular complexity index is 624. The molecular weight excluding hydrogens is 312 g/mol. The molecule has 1 saturated heterocycles. The molecule has 7 heteroatoms. The summed E-state index contributed by atoms with van der Waals surface area (Å²) in [5.41, 5.74) is 0.434. The molecule has 1 amide bonds. The van der Waals surface area contributed by atoms with E-state index in [-0.39, 0.29) is 17.8 Å². The monoisotopic (exact) mass is 336 g/mol. The summed E-state index contributed by atoms with van der Waals surface area (Å²) >= 11 is 0. The van der Waals surface area contributed by atoms with Gasteiger partial charge in [0.25, 0.3) is 0 Å². The van der Waals surface area contributed by atoms with Crippen LogP contribution in [0, 0.1) is 6.92 Å². The van der Waals surface area contributed by atoms with Crippen molar-refractivity contribution in [1.29, 1.82) is 0 Å². The number of rotatable bonds is 4. The Morgan fingerprint density at radius 3 is 2.58 bits per heavy atom. The lowest BCUT2D eigenvalue weighted by Crippen LogP contribution is -2.55. The number of amides is 1. The highest BCUT2D eigenvalue weighted by atomic mass is 16.6. The second-order valence-corrected chi connectivity index (χ2v) is 6.76. The zero-order valence-electron chi connectivity index (χ0n) is 14.8. The highest BCUT2D eigenvalue weighted by Crippen LogP contribution is 2.23. The van der Waals surface area contributed by atoms with Gasteiger partial charge >= 0.3 is 12.1 Å². The van der Waals surface area contributed by atoms with E-state index in [2.05, 4.69) is 9.72 Å². The van der Waals surface area contributed by atoms with E-state index in [4.69, 9.17) is 9.47 Å². The molecular formula is C17H24N2O5. The molecule has 0 unspecified atom stereocenters. The minimum absolute atomic E-state index is 0.0135. The number of aryl methyl sites for hydroxylation is 1. The van der Waals surface area contributed by atoms with Crippen LogP contribution in [0.1, 0.15) is 43.2 Å². The van der Waals surface area contributed by atoms with Crippen molar-refractivity contribution in [2.75, 3.05) is 20.3 Å². The number of ether oxygens (including phenoxy) is 3. The average molecular weight is 336 g/mol. The summed E-state index contributed by atoms with van der Waals surface area (Å²) in [7, 11) is 1.32. The smallest absolute Gasteiger partial charge is 0.410 e. The van der Waals surface area contributed by atoms with Crippen molar-refractivity contribution in [2.45, 2.75) is 45.8 Å². The Kier molecular flexibility index (Phi) is 5.31. The zero-order chi connectivity index (χ0) is 17.9. The van der Waals surface area contributed by atoms with Gasteiger partial charge < -0.3 is 19.1 Å². The maximum Gasteiger partial charge on any atom is 0.410 e. The normalized spacial score (nSPS) is 17.0. The molecule has 2 heterocycles. The molecule has 1 aliphatic rings. The molecule has 0 aliphatic carbocycles. The molecule has 0 radical (unpaired) electrons. The fourth-order valence-electron chi connectivity index (χ4n) is 2.31. The molecule has 1 aromatic heterocycles. The van der Waals surface area contributed by atoms with Crippen LogP contribution < -0.4 is 4.74 Å². The van der Waals surface area contributed by atoms with E-state index in [0.29, 0.717) is 24.5 Å². The second-order valence-electron chi connectivity index (χ2n) is 6.76. The summed E-state index contributed by atoms with van der Waals surface area (Å²) in [4.78, 5) is 29.3. The number of pyridine rings is 1. The SMILES string of the molecule is COC(=O)c1ncc(OC[C@@H]2CCN2C(=O)OC(C)(C)C)cc1C. The third-order valence-electron chi connectivity index (χ3n) is 3.65. The molecule has 1 atom stereocenters. The quantitative estimate of drug-likeness (QED) is 0.786. The highest BCUT2D eigenvalue weighted by molar-refractivity contribution is 5.88. The summed E-state index contributed by atoms with van der Waals surface area (Å²) in [6.45, 7) is 8.32. The van der Waals surface area contributed by atoms with E-state index in [1.54, 1.807) is 17.9 Å². The molecule has 1 aliphatic heterocycles. The molecule has 0 saturated carbocycles. The van der Waals surface area contributed by atoms with E-state index >= 15 is 0 Å². The van der Waals surface area contributed by atoms with E-state index in [9.17, 15) is 9.59 Å². The maximum atomic E-state index is 12.1. The lowest BCUT2D eigenvalue weighted by Gasteiger charge is -2.40. The van der Waals surface area contributed by atoms with E-state index in [1.165, 1.54) is 13.3 Å². The Morgan fingerprint density at radius 1 is 1.38 bits per heavy atom. The fourth-order valence-corrected chi connectivity index (χ4v) is 2.31. The number of nitrogens with zero attached hydrogens (tertiary/aromatic N) is 2. The van der Waals surface area contributed by atoms with Crippen LogP contribution in [-0.4, -0.2) is 53.9 Å². The fraction of sp³-hybridized carbons (Fsp3) is 0.588. The lowest BCUT2D eigenvalue weighted by atomic mass is 10.1. The molecule has 7 nitrogen and oxygen atoms in total. The molecule has 1 fully saturated rings. The Labute approximate surface area is 141 Å². The van der Waals surface area contributed by atoms with Crippen molar-refractivity contribution in [3.05, 3.63) is 23.5 Å². The van der Waals surface area contributed by atoms with Crippen LogP contribution in [0.5, 0.6) is 5.75 Å². The van der Waals surface area contributed by atoms with Crippen molar-refractivity contribution >= 4 is 12.1 Å². The van der Waals surface area contributed by atoms with Crippen LogP contribution >= 0.6 is 0 Å². The number of esters is 1. The van der Waals surface area contributed by atoms with Gasteiger partial charge in [-0.3, -0.25) is 0 Å². The van der Waals surface area contributed by atoms with Crippen molar-refractivity contribution in [2.24, 2.45) is 0 Å². The second kappa shape index (κ2) is 7.07. The maximum absolute atomic E-state index is 12.1. The minimum atomic E-state index is -0.511. The predicted molar refractivity (Wildman–Crippen MR) is 87.2 cm³/mol. The number of hydrogen-bond acceptors (Lipinski definition) is 6. The van der Waals surface area contributed by atoms with Crippen molar-refractivity contribution in [3.8, 4) is 5.75 Å². The molecule has 1 aromatic rings. The van der Waals surface area contributed by atoms with Gasteiger partial charge in [-0.2, -0.15) is 0 Å². The summed E-state index contributed by atoms with van der Waals surface area (Å²) in [6.07, 6.45) is 2.03. The van der Waals surface area contributed by atoms with Crippen LogP contribution in [0.15, 0.2) is 12.3 Å². The third-order valence-corrected chi connectivity index (χ3v) is 3.65. The molecule has 0 spiro atoms. The highest BCUT2D eigenvalue weighted by Gasteiger charge is 2.35. The number of methoxy groups -OCH3 is 1. The van der Waals surface area contributed by atoms with Crippen LogP contribution in [0.2, 0.25) is 0 Å². The van der Waals surface area contributed by atoms with Crippen molar-refractivity contribution in [3.63, 3.8) is 0 Å². The van der Waals surface area contributed by atoms with Gasteiger partial charge in [0.2, 0.25) is 0 Å². The van der Waals surface area contributed by atoms with E-state index < -0.39 is 11.6 Å². The van der Waals surface area contributed by atoms with E-state index in [0.717, 1.165) is 6.42 Å². The molecule has 24 heavy (non-hydrogen) atoms. The Morgan fingerprint density at radius 2 is 2.08 bits per heavy atom. The number of aromatic nitrogens is 1. The van der Waals surface area contributed by atoms with Crippen LogP contribution in [0.3, 0.4) is 0 Å². The summed E-state index contributed by atoms with van der Waals surface area (Å²) in [5.74, 6) is 0.0744. The summed E-state index contributed by atoms with van der Waals surface area (Å²) < 4.78 is 15.7. The van der Waals surface area contributed by atoms with Crippen LogP contribution in [-0.2, 0) is 9.47 Å². The molecule has 2 rings (SSSR count). The van der Waals surface area contributed by atoms with Gasteiger partial charge in [-0.15, -0.1) is 0 Å². The van der Waals surface area contributed by atoms with Crippen LogP contribution in [0.4, 0.5) is 4.79 Å². The van der Waals surface area contributed by atoms with Gasteiger partial charge in [0.15, 0.2) is 5.69 Å². The zero-order valence-corrected chi connectivity index (χ0v) is 14.8. The Balaban J connectivity index is 1.91. The first-order valence-electron chi connectivity index (χ1n) is 7.88. The van der Waals surface area contributed by atoms with E-state index in [1.807, 2.05) is 20.8 Å². The third kappa shape index (κ3) is 4.37. The standard InChI is InChI=1S/C17H24N2O5/c1-11-8-13(9-18-14(11)15(20)22-5)23-10-12-6-7-19(12)16(21)24-17(2,3)4/h8-9,12H,6-7,10H2,1-5H3/t12-/m0/s1. The first kappa shape index (κ1) is 18.0. The van der Waals surface area contributed by atoms with Gasteiger partial charge in [0.1, 0.15) is 18.0 Å². The Hall–Kier alpha value is -2.31. The molecule has 0 N–H and O–H groups in total.